The number of aromatic carboxylic acids is 1. The number of benzene rings is 1. The highest BCUT2D eigenvalue weighted by molar-refractivity contribution is 9.10. The van der Waals surface area contributed by atoms with Gasteiger partial charge in [-0.25, -0.2) is 9.78 Å². The smallest absolute Gasteiger partial charge is 0.337 e. The van der Waals surface area contributed by atoms with E-state index in [1.54, 1.807) is 24.5 Å². The van der Waals surface area contributed by atoms with E-state index in [-0.39, 0.29) is 11.3 Å². The molecule has 0 bridgehead atoms. The highest BCUT2D eigenvalue weighted by Gasteiger charge is 2.14. The molecule has 0 fully saturated rings. The van der Waals surface area contributed by atoms with Crippen LogP contribution in [0.5, 0.6) is 0 Å². The van der Waals surface area contributed by atoms with Gasteiger partial charge in [-0.15, -0.1) is 0 Å². The van der Waals surface area contributed by atoms with Crippen molar-refractivity contribution in [3.05, 3.63) is 40.4 Å². The number of halogens is 1. The van der Waals surface area contributed by atoms with Crippen LogP contribution in [0.4, 0.5) is 5.69 Å². The third kappa shape index (κ3) is 2.11. The van der Waals surface area contributed by atoms with Gasteiger partial charge in [0.25, 0.3) is 0 Å². The highest BCUT2D eigenvalue weighted by atomic mass is 79.9. The zero-order valence-electron chi connectivity index (χ0n) is 9.72. The summed E-state index contributed by atoms with van der Waals surface area (Å²) in [5.41, 5.74) is 6.72. The van der Waals surface area contributed by atoms with Crippen LogP contribution in [0.2, 0.25) is 0 Å². The van der Waals surface area contributed by atoms with Crippen molar-refractivity contribution in [2.75, 3.05) is 5.73 Å². The second kappa shape index (κ2) is 4.81. The maximum Gasteiger partial charge on any atom is 0.337 e. The largest absolute Gasteiger partial charge is 0.478 e. The molecule has 1 heterocycles. The molecule has 0 unspecified atom stereocenters. The van der Waals surface area contributed by atoms with Crippen molar-refractivity contribution in [3.63, 3.8) is 0 Å². The van der Waals surface area contributed by atoms with Crippen LogP contribution in [0.15, 0.2) is 29.0 Å². The fourth-order valence-corrected chi connectivity index (χ4v) is 2.31. The van der Waals surface area contributed by atoms with E-state index >= 15 is 0 Å². The van der Waals surface area contributed by atoms with Crippen molar-refractivity contribution in [2.45, 2.75) is 13.3 Å². The third-order valence-corrected chi connectivity index (χ3v) is 3.28. The Morgan fingerprint density at radius 3 is 2.89 bits per heavy atom. The molecule has 0 saturated heterocycles. The Balaban J connectivity index is 2.64. The normalized spacial score (nSPS) is 10.6. The molecule has 0 amide bonds. The molecule has 2 rings (SSSR count). The number of aryl methyl sites for hydroxylation is 1. The molecule has 0 aliphatic carbocycles. The summed E-state index contributed by atoms with van der Waals surface area (Å²) in [6, 6.07) is 3.14. The van der Waals surface area contributed by atoms with E-state index in [0.717, 1.165) is 22.4 Å². The number of imidazole rings is 1. The van der Waals surface area contributed by atoms with Crippen LogP contribution in [0.3, 0.4) is 0 Å². The van der Waals surface area contributed by atoms with Crippen LogP contribution in [0, 0.1) is 0 Å². The highest BCUT2D eigenvalue weighted by Crippen LogP contribution is 2.28. The number of carbonyl (C=O) groups is 1. The van der Waals surface area contributed by atoms with Gasteiger partial charge in [0.05, 0.1) is 11.3 Å². The molecule has 0 saturated carbocycles. The molecule has 5 nitrogen and oxygen atoms in total. The standard InChI is InChI=1S/C12H12BrN3O2/c1-2-11-15-3-4-16(11)10-5-7(12(17)18)9(14)6-8(10)13/h3-6H,2,14H2,1H3,(H,17,18). The lowest BCUT2D eigenvalue weighted by atomic mass is 10.1. The monoisotopic (exact) mass is 309 g/mol. The van der Waals surface area contributed by atoms with Crippen LogP contribution in [-0.2, 0) is 6.42 Å². The topological polar surface area (TPSA) is 81.1 Å². The van der Waals surface area contributed by atoms with Gasteiger partial charge in [-0.1, -0.05) is 6.92 Å². The Morgan fingerprint density at radius 2 is 2.28 bits per heavy atom. The Labute approximate surface area is 112 Å². The Morgan fingerprint density at radius 1 is 1.56 bits per heavy atom. The predicted molar refractivity (Wildman–Crippen MR) is 72.0 cm³/mol. The minimum Gasteiger partial charge on any atom is -0.478 e. The molecule has 0 radical (unpaired) electrons. The van der Waals surface area contributed by atoms with Crippen molar-refractivity contribution in [1.29, 1.82) is 0 Å². The first-order valence-electron chi connectivity index (χ1n) is 5.39. The van der Waals surface area contributed by atoms with Gasteiger partial charge in [0, 0.05) is 29.0 Å². The van der Waals surface area contributed by atoms with Gasteiger partial charge in [0.2, 0.25) is 0 Å². The average molecular weight is 310 g/mol. The lowest BCUT2D eigenvalue weighted by molar-refractivity contribution is 0.0698. The minimum absolute atomic E-state index is 0.0870. The second-order valence-electron chi connectivity index (χ2n) is 3.76. The average Bonchev–Trinajstić information content (AvgIpc) is 2.76. The quantitative estimate of drug-likeness (QED) is 0.853. The van der Waals surface area contributed by atoms with E-state index in [2.05, 4.69) is 20.9 Å². The molecule has 0 atom stereocenters. The number of nitrogens with two attached hydrogens (primary N) is 1. The summed E-state index contributed by atoms with van der Waals surface area (Å²) < 4.78 is 2.58. The van der Waals surface area contributed by atoms with Gasteiger partial charge in [0.15, 0.2) is 0 Å². The molecule has 1 aromatic carbocycles. The fraction of sp³-hybridized carbons (Fsp3) is 0.167. The van der Waals surface area contributed by atoms with Crippen molar-refractivity contribution in [2.24, 2.45) is 0 Å². The van der Waals surface area contributed by atoms with Crippen LogP contribution in [0.25, 0.3) is 5.69 Å². The SMILES string of the molecule is CCc1nccn1-c1cc(C(=O)O)c(N)cc1Br. The first-order valence-corrected chi connectivity index (χ1v) is 6.18. The zero-order chi connectivity index (χ0) is 13.3. The summed E-state index contributed by atoms with van der Waals surface area (Å²) in [5.74, 6) is -0.184. The first-order chi connectivity index (χ1) is 8.54. The van der Waals surface area contributed by atoms with Crippen LogP contribution in [0.1, 0.15) is 23.1 Å². The van der Waals surface area contributed by atoms with Gasteiger partial charge in [0.1, 0.15) is 5.82 Å². The number of rotatable bonds is 3. The van der Waals surface area contributed by atoms with Gasteiger partial charge >= 0.3 is 5.97 Å². The van der Waals surface area contributed by atoms with Crippen molar-refractivity contribution >= 4 is 27.6 Å². The third-order valence-electron chi connectivity index (χ3n) is 2.64. The summed E-state index contributed by atoms with van der Waals surface area (Å²) in [7, 11) is 0. The van der Waals surface area contributed by atoms with Gasteiger partial charge in [-0.2, -0.15) is 0 Å². The van der Waals surface area contributed by atoms with E-state index in [9.17, 15) is 4.79 Å². The summed E-state index contributed by atoms with van der Waals surface area (Å²) in [6.45, 7) is 1.99. The fourth-order valence-electron chi connectivity index (χ4n) is 1.76. The van der Waals surface area contributed by atoms with Crippen LogP contribution in [-0.4, -0.2) is 20.6 Å². The molecule has 2 aromatic rings. The maximum absolute atomic E-state index is 11.1. The number of anilines is 1. The van der Waals surface area contributed by atoms with Crippen molar-refractivity contribution in [3.8, 4) is 5.69 Å². The number of nitrogens with zero attached hydrogens (tertiary/aromatic N) is 2. The Bertz CT molecular complexity index is 607. The van der Waals surface area contributed by atoms with E-state index < -0.39 is 5.97 Å². The maximum atomic E-state index is 11.1. The number of hydrogen-bond donors (Lipinski definition) is 2. The summed E-state index contributed by atoms with van der Waals surface area (Å²) >= 11 is 3.39. The molecule has 3 N–H and O–H groups in total. The lowest BCUT2D eigenvalue weighted by Crippen LogP contribution is -2.06. The first kappa shape index (κ1) is 12.6. The molecular formula is C12H12BrN3O2. The summed E-state index contributed by atoms with van der Waals surface area (Å²) in [5, 5.41) is 9.08. The summed E-state index contributed by atoms with van der Waals surface area (Å²) in [4.78, 5) is 15.3. The zero-order valence-corrected chi connectivity index (χ0v) is 11.3. The molecule has 1 aromatic heterocycles. The van der Waals surface area contributed by atoms with Gasteiger partial charge < -0.3 is 15.4 Å². The number of aromatic nitrogens is 2. The number of hydrogen-bond acceptors (Lipinski definition) is 3. The van der Waals surface area contributed by atoms with Gasteiger partial charge in [-0.3, -0.25) is 0 Å². The molecular weight excluding hydrogens is 298 g/mol. The van der Waals surface area contributed by atoms with Crippen LogP contribution >= 0.6 is 15.9 Å². The number of carboxylic acid groups (broad SMARTS) is 1. The van der Waals surface area contributed by atoms with Crippen molar-refractivity contribution in [1.82, 2.24) is 9.55 Å². The molecule has 94 valence electrons. The lowest BCUT2D eigenvalue weighted by Gasteiger charge is -2.11. The van der Waals surface area contributed by atoms with E-state index in [4.69, 9.17) is 10.8 Å². The van der Waals surface area contributed by atoms with Crippen molar-refractivity contribution < 1.29 is 9.90 Å². The van der Waals surface area contributed by atoms with E-state index in [1.807, 2.05) is 11.5 Å². The molecule has 0 aliphatic heterocycles. The van der Waals surface area contributed by atoms with E-state index in [0.29, 0.717) is 0 Å². The molecule has 0 aliphatic rings. The predicted octanol–water partition coefficient (Wildman–Crippen LogP) is 2.48. The summed E-state index contributed by atoms with van der Waals surface area (Å²) in [6.07, 6.45) is 4.23. The molecule has 18 heavy (non-hydrogen) atoms. The minimum atomic E-state index is -1.04. The Hall–Kier alpha value is -1.82. The number of nitrogen functional groups attached to an aromatic ring is 1. The molecule has 6 heteroatoms. The van der Waals surface area contributed by atoms with Crippen LogP contribution < -0.4 is 5.73 Å². The Kier molecular flexibility index (Phi) is 3.38. The van der Waals surface area contributed by atoms with Gasteiger partial charge in [-0.05, 0) is 28.1 Å². The second-order valence-corrected chi connectivity index (χ2v) is 4.62. The van der Waals surface area contributed by atoms with E-state index in [1.165, 1.54) is 0 Å². The number of carboxylic acids is 1. The molecule has 0 spiro atoms.